The van der Waals surface area contributed by atoms with Crippen LogP contribution in [-0.4, -0.2) is 68.3 Å². The summed E-state index contributed by atoms with van der Waals surface area (Å²) in [7, 11) is -3.38. The Labute approximate surface area is 157 Å². The highest BCUT2D eigenvalue weighted by Crippen LogP contribution is 2.26. The molecule has 2 fully saturated rings. The zero-order valence-corrected chi connectivity index (χ0v) is 16.2. The zero-order valence-electron chi connectivity index (χ0n) is 14.6. The van der Waals surface area contributed by atoms with Crippen LogP contribution in [0.25, 0.3) is 0 Å². The number of hydrogen-bond donors (Lipinski definition) is 0. The van der Waals surface area contributed by atoms with Crippen LogP contribution in [0.3, 0.4) is 0 Å². The quantitative estimate of drug-likeness (QED) is 0.776. The van der Waals surface area contributed by atoms with E-state index in [-0.39, 0.29) is 39.6 Å². The van der Waals surface area contributed by atoms with E-state index in [1.54, 1.807) is 9.80 Å². The SMILES string of the molecule is CC1CN(C2CCN(C(=O)c3ccc(S(C)(=O)=O)cc3Cl)CC2)C(=O)O1. The van der Waals surface area contributed by atoms with Crippen LogP contribution in [0.5, 0.6) is 0 Å². The van der Waals surface area contributed by atoms with Crippen LogP contribution in [0.2, 0.25) is 5.02 Å². The van der Waals surface area contributed by atoms with Gasteiger partial charge in [-0.2, -0.15) is 0 Å². The van der Waals surface area contributed by atoms with Crippen molar-refractivity contribution < 1.29 is 22.7 Å². The highest BCUT2D eigenvalue weighted by molar-refractivity contribution is 7.90. The molecule has 2 aliphatic rings. The number of rotatable bonds is 3. The molecule has 0 aromatic heterocycles. The van der Waals surface area contributed by atoms with E-state index in [4.69, 9.17) is 16.3 Å². The highest BCUT2D eigenvalue weighted by atomic mass is 35.5. The minimum absolute atomic E-state index is 0.0691. The summed E-state index contributed by atoms with van der Waals surface area (Å²) in [6.45, 7) is 3.45. The molecule has 1 atom stereocenters. The van der Waals surface area contributed by atoms with Crippen molar-refractivity contribution in [2.75, 3.05) is 25.9 Å². The maximum atomic E-state index is 12.7. The number of carbonyl (C=O) groups is 2. The smallest absolute Gasteiger partial charge is 0.410 e. The fraction of sp³-hybridized carbons (Fsp3) is 0.529. The number of nitrogens with zero attached hydrogens (tertiary/aromatic N) is 2. The lowest BCUT2D eigenvalue weighted by Gasteiger charge is -2.35. The fourth-order valence-electron chi connectivity index (χ4n) is 3.38. The lowest BCUT2D eigenvalue weighted by molar-refractivity contribution is 0.0658. The van der Waals surface area contributed by atoms with Gasteiger partial charge in [0, 0.05) is 25.4 Å². The molecule has 1 aromatic rings. The van der Waals surface area contributed by atoms with Crippen molar-refractivity contribution in [3.63, 3.8) is 0 Å². The van der Waals surface area contributed by atoms with E-state index in [0.717, 1.165) is 6.26 Å². The molecule has 2 saturated heterocycles. The first kappa shape index (κ1) is 19.0. The maximum Gasteiger partial charge on any atom is 0.410 e. The van der Waals surface area contributed by atoms with Crippen molar-refractivity contribution in [2.45, 2.75) is 36.8 Å². The van der Waals surface area contributed by atoms with Gasteiger partial charge in [-0.1, -0.05) is 11.6 Å². The van der Waals surface area contributed by atoms with E-state index in [9.17, 15) is 18.0 Å². The van der Waals surface area contributed by atoms with E-state index in [1.807, 2.05) is 6.92 Å². The van der Waals surface area contributed by atoms with Crippen molar-refractivity contribution in [3.05, 3.63) is 28.8 Å². The van der Waals surface area contributed by atoms with Gasteiger partial charge in [-0.25, -0.2) is 13.2 Å². The summed E-state index contributed by atoms with van der Waals surface area (Å²) < 4.78 is 28.3. The summed E-state index contributed by atoms with van der Waals surface area (Å²) in [6.07, 6.45) is 2.05. The van der Waals surface area contributed by atoms with Gasteiger partial charge in [-0.3, -0.25) is 4.79 Å². The second kappa shape index (κ2) is 7.08. The first-order valence-corrected chi connectivity index (χ1v) is 10.7. The molecule has 3 rings (SSSR count). The maximum absolute atomic E-state index is 12.7. The third-order valence-corrected chi connectivity index (χ3v) is 6.20. The average Bonchev–Trinajstić information content (AvgIpc) is 2.92. The normalized spacial score (nSPS) is 21.8. The van der Waals surface area contributed by atoms with Gasteiger partial charge in [0.1, 0.15) is 6.10 Å². The Bertz CT molecular complexity index is 834. The monoisotopic (exact) mass is 400 g/mol. The number of likely N-dealkylation sites (tertiary alicyclic amines) is 1. The summed E-state index contributed by atoms with van der Waals surface area (Å²) in [6, 6.07) is 4.22. The Kier molecular flexibility index (Phi) is 5.16. The largest absolute Gasteiger partial charge is 0.444 e. The molecule has 142 valence electrons. The summed E-state index contributed by atoms with van der Waals surface area (Å²) in [5.41, 5.74) is 0.284. The van der Waals surface area contributed by atoms with E-state index in [0.29, 0.717) is 32.5 Å². The van der Waals surface area contributed by atoms with Gasteiger partial charge in [-0.05, 0) is 38.0 Å². The number of piperidine rings is 1. The molecule has 1 aromatic carbocycles. The standard InChI is InChI=1S/C17H21ClN2O5S/c1-11-10-20(17(22)25-11)12-5-7-19(8-6-12)16(21)14-4-3-13(9-15(14)18)26(2,23)24/h3-4,9,11-12H,5-8,10H2,1-2H3. The molecule has 0 N–H and O–H groups in total. The molecule has 0 aliphatic carbocycles. The Morgan fingerprint density at radius 1 is 1.27 bits per heavy atom. The van der Waals surface area contributed by atoms with Gasteiger partial charge in [0.15, 0.2) is 9.84 Å². The molecule has 0 saturated carbocycles. The third-order valence-electron chi connectivity index (χ3n) is 4.78. The molecule has 26 heavy (non-hydrogen) atoms. The van der Waals surface area contributed by atoms with Gasteiger partial charge < -0.3 is 14.5 Å². The van der Waals surface area contributed by atoms with Crippen molar-refractivity contribution in [3.8, 4) is 0 Å². The van der Waals surface area contributed by atoms with Crippen molar-refractivity contribution >= 4 is 33.4 Å². The Morgan fingerprint density at radius 3 is 2.42 bits per heavy atom. The number of amides is 2. The number of hydrogen-bond acceptors (Lipinski definition) is 5. The summed E-state index contributed by atoms with van der Waals surface area (Å²) in [5, 5.41) is 0.122. The number of carbonyl (C=O) groups excluding carboxylic acids is 2. The van der Waals surface area contributed by atoms with Crippen LogP contribution in [0.15, 0.2) is 23.1 Å². The minimum atomic E-state index is -3.38. The summed E-state index contributed by atoms with van der Waals surface area (Å²) >= 11 is 6.14. The van der Waals surface area contributed by atoms with E-state index in [2.05, 4.69) is 0 Å². The lowest BCUT2D eigenvalue weighted by Crippen LogP contribution is -2.47. The Morgan fingerprint density at radius 2 is 1.92 bits per heavy atom. The van der Waals surface area contributed by atoms with Crippen molar-refractivity contribution in [1.82, 2.24) is 9.80 Å². The fourth-order valence-corrected chi connectivity index (χ4v) is 4.35. The van der Waals surface area contributed by atoms with Crippen molar-refractivity contribution in [2.24, 2.45) is 0 Å². The molecule has 2 amide bonds. The number of ether oxygens (including phenoxy) is 1. The summed E-state index contributed by atoms with van der Waals surface area (Å²) in [4.78, 5) is 28.1. The lowest BCUT2D eigenvalue weighted by atomic mass is 10.0. The Hall–Kier alpha value is -1.80. The van der Waals surface area contributed by atoms with E-state index < -0.39 is 9.84 Å². The van der Waals surface area contributed by atoms with Crippen LogP contribution >= 0.6 is 11.6 Å². The molecular formula is C17H21ClN2O5S. The van der Waals surface area contributed by atoms with Crippen LogP contribution in [0.4, 0.5) is 4.79 Å². The molecule has 0 spiro atoms. The second-order valence-electron chi connectivity index (χ2n) is 6.78. The van der Waals surface area contributed by atoms with E-state index >= 15 is 0 Å². The van der Waals surface area contributed by atoms with Crippen LogP contribution < -0.4 is 0 Å². The Balaban J connectivity index is 1.66. The van der Waals surface area contributed by atoms with Gasteiger partial charge in [0.05, 0.1) is 22.0 Å². The second-order valence-corrected chi connectivity index (χ2v) is 9.21. The predicted molar refractivity (Wildman–Crippen MR) is 96.1 cm³/mol. The molecule has 2 heterocycles. The van der Waals surface area contributed by atoms with Crippen LogP contribution in [-0.2, 0) is 14.6 Å². The molecule has 1 unspecified atom stereocenters. The van der Waals surface area contributed by atoms with Gasteiger partial charge >= 0.3 is 6.09 Å². The zero-order chi connectivity index (χ0) is 19.1. The predicted octanol–water partition coefficient (Wildman–Crippen LogP) is 2.19. The molecule has 0 radical (unpaired) electrons. The molecule has 7 nitrogen and oxygen atoms in total. The van der Waals surface area contributed by atoms with Crippen LogP contribution in [0.1, 0.15) is 30.1 Å². The molecule has 9 heteroatoms. The number of sulfone groups is 1. The van der Waals surface area contributed by atoms with Crippen molar-refractivity contribution in [1.29, 1.82) is 0 Å². The first-order chi connectivity index (χ1) is 12.2. The topological polar surface area (TPSA) is 84.0 Å². The number of benzene rings is 1. The highest BCUT2D eigenvalue weighted by Gasteiger charge is 2.36. The van der Waals surface area contributed by atoms with Gasteiger partial charge in [-0.15, -0.1) is 0 Å². The average molecular weight is 401 g/mol. The molecule has 2 aliphatic heterocycles. The van der Waals surface area contributed by atoms with E-state index in [1.165, 1.54) is 18.2 Å². The summed E-state index contributed by atoms with van der Waals surface area (Å²) in [5.74, 6) is -0.231. The van der Waals surface area contributed by atoms with Gasteiger partial charge in [0.25, 0.3) is 5.91 Å². The minimum Gasteiger partial charge on any atom is -0.444 e. The first-order valence-electron chi connectivity index (χ1n) is 8.43. The third kappa shape index (κ3) is 3.81. The van der Waals surface area contributed by atoms with Crippen LogP contribution in [0, 0.1) is 0 Å². The molecular weight excluding hydrogens is 380 g/mol. The number of halogens is 1. The number of cyclic esters (lactones) is 1. The van der Waals surface area contributed by atoms with Gasteiger partial charge in [0.2, 0.25) is 0 Å². The molecule has 0 bridgehead atoms.